The summed E-state index contributed by atoms with van der Waals surface area (Å²) in [4.78, 5) is 15.1. The molecule has 0 saturated carbocycles. The van der Waals surface area contributed by atoms with Crippen LogP contribution < -0.4 is 11.4 Å². The maximum absolute atomic E-state index is 11.4. The molecule has 0 saturated heterocycles. The molecule has 0 aliphatic rings. The lowest BCUT2D eigenvalue weighted by Crippen LogP contribution is -2.22. The highest BCUT2D eigenvalue weighted by Crippen LogP contribution is 2.01. The number of hydrogen-bond acceptors (Lipinski definition) is 3. The first-order valence-corrected chi connectivity index (χ1v) is 5.30. The Balaban J connectivity index is 2.08. The molecule has 0 radical (unpaired) electrons. The quantitative estimate of drug-likeness (QED) is 0.865. The van der Waals surface area contributed by atoms with Gasteiger partial charge in [-0.25, -0.2) is 4.79 Å². The first-order valence-electron chi connectivity index (χ1n) is 5.30. The number of aromatic nitrogens is 2. The number of rotatable bonds is 3. The van der Waals surface area contributed by atoms with E-state index in [9.17, 15) is 4.79 Å². The number of benzene rings is 1. The van der Waals surface area contributed by atoms with Crippen molar-refractivity contribution < 1.29 is 0 Å². The average molecular weight is 227 g/mol. The summed E-state index contributed by atoms with van der Waals surface area (Å²) in [5.41, 5.74) is 6.17. The zero-order chi connectivity index (χ0) is 12.1. The molecule has 1 heterocycles. The van der Waals surface area contributed by atoms with Crippen molar-refractivity contribution in [2.45, 2.75) is 6.54 Å². The van der Waals surface area contributed by atoms with E-state index in [1.807, 2.05) is 42.5 Å². The molecule has 0 amide bonds. The molecule has 0 fully saturated rings. The predicted octanol–water partition coefficient (Wildman–Crippen LogP) is 1.54. The molecule has 0 unspecified atom stereocenters. The molecule has 1 aromatic carbocycles. The molecule has 4 heteroatoms. The second-order valence-electron chi connectivity index (χ2n) is 3.60. The minimum absolute atomic E-state index is 0.248. The van der Waals surface area contributed by atoms with Crippen molar-refractivity contribution >= 4 is 11.9 Å². The van der Waals surface area contributed by atoms with Gasteiger partial charge in [0.25, 0.3) is 0 Å². The Hall–Kier alpha value is -2.36. The van der Waals surface area contributed by atoms with Gasteiger partial charge in [-0.3, -0.25) is 4.57 Å². The van der Waals surface area contributed by atoms with E-state index < -0.39 is 0 Å². The van der Waals surface area contributed by atoms with Gasteiger partial charge in [0.05, 0.1) is 0 Å². The normalized spacial score (nSPS) is 10.8. The van der Waals surface area contributed by atoms with Gasteiger partial charge in [0.1, 0.15) is 5.82 Å². The molecular weight excluding hydrogens is 214 g/mol. The molecule has 0 spiro atoms. The van der Waals surface area contributed by atoms with E-state index >= 15 is 0 Å². The van der Waals surface area contributed by atoms with E-state index in [2.05, 4.69) is 4.98 Å². The molecule has 0 bridgehead atoms. The Morgan fingerprint density at radius 2 is 2.00 bits per heavy atom. The number of anilines is 1. The molecule has 1 aromatic heterocycles. The minimum atomic E-state index is -0.331. The van der Waals surface area contributed by atoms with E-state index in [0.717, 1.165) is 5.56 Å². The fourth-order valence-electron chi connectivity index (χ4n) is 1.45. The van der Waals surface area contributed by atoms with Crippen LogP contribution in [0.5, 0.6) is 0 Å². The second-order valence-corrected chi connectivity index (χ2v) is 3.60. The zero-order valence-electron chi connectivity index (χ0n) is 9.28. The summed E-state index contributed by atoms with van der Waals surface area (Å²) < 4.78 is 1.50. The number of nitrogens with two attached hydrogens (primary N) is 1. The van der Waals surface area contributed by atoms with Gasteiger partial charge in [-0.15, -0.1) is 0 Å². The summed E-state index contributed by atoms with van der Waals surface area (Å²) in [6.07, 6.45) is 5.51. The molecule has 86 valence electrons. The highest BCUT2D eigenvalue weighted by molar-refractivity contribution is 5.48. The predicted molar refractivity (Wildman–Crippen MR) is 68.4 cm³/mol. The van der Waals surface area contributed by atoms with Gasteiger partial charge in [-0.1, -0.05) is 42.5 Å². The van der Waals surface area contributed by atoms with E-state index in [1.165, 1.54) is 4.57 Å². The molecule has 2 aromatic rings. The summed E-state index contributed by atoms with van der Waals surface area (Å²) in [6.45, 7) is 0.487. The van der Waals surface area contributed by atoms with Crippen LogP contribution >= 0.6 is 0 Å². The highest BCUT2D eigenvalue weighted by atomic mass is 16.1. The third-order valence-corrected chi connectivity index (χ3v) is 2.31. The smallest absolute Gasteiger partial charge is 0.349 e. The van der Waals surface area contributed by atoms with Crippen LogP contribution in [0.15, 0.2) is 53.5 Å². The summed E-state index contributed by atoms with van der Waals surface area (Å²) in [5.74, 6) is 0.248. The summed E-state index contributed by atoms with van der Waals surface area (Å²) >= 11 is 0. The van der Waals surface area contributed by atoms with Crippen LogP contribution in [0.1, 0.15) is 5.56 Å². The van der Waals surface area contributed by atoms with Gasteiger partial charge in [-0.05, 0) is 11.6 Å². The molecule has 2 N–H and O–H groups in total. The summed E-state index contributed by atoms with van der Waals surface area (Å²) in [7, 11) is 0. The van der Waals surface area contributed by atoms with Gasteiger partial charge in [0.15, 0.2) is 0 Å². The number of nitrogens with zero attached hydrogens (tertiary/aromatic N) is 2. The average Bonchev–Trinajstić information content (AvgIpc) is 2.33. The number of nitrogen functional groups attached to an aromatic ring is 1. The first kappa shape index (κ1) is 11.1. The van der Waals surface area contributed by atoms with Crippen LogP contribution in [0.4, 0.5) is 5.82 Å². The van der Waals surface area contributed by atoms with E-state index in [1.54, 1.807) is 12.3 Å². The van der Waals surface area contributed by atoms with Gasteiger partial charge in [0.2, 0.25) is 0 Å². The lowest BCUT2D eigenvalue weighted by Gasteiger charge is -2.00. The number of hydrogen-bond donors (Lipinski definition) is 1. The van der Waals surface area contributed by atoms with Gasteiger partial charge < -0.3 is 5.73 Å². The lowest BCUT2D eigenvalue weighted by molar-refractivity contribution is 0.748. The largest absolute Gasteiger partial charge is 0.383 e. The van der Waals surface area contributed by atoms with Crippen LogP contribution in [0.2, 0.25) is 0 Å². The Morgan fingerprint density at radius 3 is 2.71 bits per heavy atom. The van der Waals surface area contributed by atoms with Crippen molar-refractivity contribution in [3.8, 4) is 0 Å². The van der Waals surface area contributed by atoms with Crippen LogP contribution in [0, 0.1) is 0 Å². The van der Waals surface area contributed by atoms with Crippen LogP contribution in [0.3, 0.4) is 0 Å². The van der Waals surface area contributed by atoms with Gasteiger partial charge in [0, 0.05) is 12.7 Å². The molecule has 0 aliphatic heterocycles. The van der Waals surface area contributed by atoms with Crippen molar-refractivity contribution in [2.75, 3.05) is 5.73 Å². The second kappa shape index (κ2) is 5.12. The molecule has 2 rings (SSSR count). The monoisotopic (exact) mass is 227 g/mol. The molecule has 0 atom stereocenters. The summed E-state index contributed by atoms with van der Waals surface area (Å²) in [5, 5.41) is 0. The minimum Gasteiger partial charge on any atom is -0.383 e. The van der Waals surface area contributed by atoms with E-state index in [4.69, 9.17) is 5.73 Å². The fourth-order valence-corrected chi connectivity index (χ4v) is 1.45. The summed E-state index contributed by atoms with van der Waals surface area (Å²) in [6, 6.07) is 11.5. The Bertz CT molecular complexity index is 573. The maximum atomic E-state index is 11.4. The zero-order valence-corrected chi connectivity index (χ0v) is 9.28. The van der Waals surface area contributed by atoms with Gasteiger partial charge in [-0.2, -0.15) is 4.98 Å². The van der Waals surface area contributed by atoms with Crippen LogP contribution in [0.25, 0.3) is 6.08 Å². The maximum Gasteiger partial charge on any atom is 0.349 e. The first-order chi connectivity index (χ1) is 8.25. The Labute approximate surface area is 99.0 Å². The van der Waals surface area contributed by atoms with Crippen molar-refractivity contribution in [1.82, 2.24) is 9.55 Å². The van der Waals surface area contributed by atoms with Crippen molar-refractivity contribution in [2.24, 2.45) is 0 Å². The topological polar surface area (TPSA) is 60.9 Å². The van der Waals surface area contributed by atoms with Crippen molar-refractivity contribution in [3.63, 3.8) is 0 Å². The van der Waals surface area contributed by atoms with Crippen LogP contribution in [-0.2, 0) is 6.54 Å². The van der Waals surface area contributed by atoms with Crippen molar-refractivity contribution in [3.05, 3.63) is 64.7 Å². The third-order valence-electron chi connectivity index (χ3n) is 2.31. The molecular formula is C13H13N3O. The SMILES string of the molecule is Nc1ccn(C/C=C/c2ccccc2)c(=O)n1. The molecule has 17 heavy (non-hydrogen) atoms. The Kier molecular flexibility index (Phi) is 3.35. The molecule has 4 nitrogen and oxygen atoms in total. The van der Waals surface area contributed by atoms with E-state index in [0.29, 0.717) is 6.54 Å². The molecule has 0 aliphatic carbocycles. The van der Waals surface area contributed by atoms with Crippen LogP contribution in [-0.4, -0.2) is 9.55 Å². The number of allylic oxidation sites excluding steroid dienone is 1. The van der Waals surface area contributed by atoms with Gasteiger partial charge >= 0.3 is 5.69 Å². The standard InChI is InChI=1S/C13H13N3O/c14-12-8-10-16(13(17)15-12)9-4-7-11-5-2-1-3-6-11/h1-8,10H,9H2,(H2,14,15,17)/b7-4+. The third kappa shape index (κ3) is 3.04. The highest BCUT2D eigenvalue weighted by Gasteiger charge is 1.94. The Morgan fingerprint density at radius 1 is 1.24 bits per heavy atom. The van der Waals surface area contributed by atoms with Crippen molar-refractivity contribution in [1.29, 1.82) is 0 Å². The van der Waals surface area contributed by atoms with E-state index in [-0.39, 0.29) is 11.5 Å². The fraction of sp³-hybridized carbons (Fsp3) is 0.0769. The lowest BCUT2D eigenvalue weighted by atomic mass is 10.2.